The Morgan fingerprint density at radius 1 is 1.42 bits per heavy atom. The van der Waals surface area contributed by atoms with Crippen molar-refractivity contribution in [3.63, 3.8) is 0 Å². The van der Waals surface area contributed by atoms with Crippen molar-refractivity contribution in [2.24, 2.45) is 5.92 Å². The zero-order chi connectivity index (χ0) is 8.39. The van der Waals surface area contributed by atoms with E-state index >= 15 is 0 Å². The third-order valence-corrected chi connectivity index (χ3v) is 2.93. The third kappa shape index (κ3) is 1.97. The molecule has 0 radical (unpaired) electrons. The van der Waals surface area contributed by atoms with Crippen LogP contribution in [0.5, 0.6) is 0 Å². The normalized spacial score (nSPS) is 37.8. The molecule has 2 atom stereocenters. The first-order valence-corrected chi connectivity index (χ1v) is 4.96. The van der Waals surface area contributed by atoms with Crippen molar-refractivity contribution in [1.82, 2.24) is 10.2 Å². The highest BCUT2D eigenvalue weighted by molar-refractivity contribution is 4.80. The number of nitrogens with one attached hydrogen (secondary N) is 1. The van der Waals surface area contributed by atoms with Crippen LogP contribution in [-0.4, -0.2) is 48.8 Å². The second-order valence-electron chi connectivity index (χ2n) is 4.06. The number of hydrogen-bond donors (Lipinski definition) is 2. The molecule has 0 aromatic heterocycles. The number of likely N-dealkylation sites (tertiary alicyclic amines) is 1. The van der Waals surface area contributed by atoms with E-state index in [2.05, 4.69) is 10.2 Å². The van der Waals surface area contributed by atoms with Crippen molar-refractivity contribution in [3.8, 4) is 0 Å². The Labute approximate surface area is 73.8 Å². The lowest BCUT2D eigenvalue weighted by molar-refractivity contribution is 0.171. The Morgan fingerprint density at radius 3 is 2.92 bits per heavy atom. The van der Waals surface area contributed by atoms with Gasteiger partial charge >= 0.3 is 0 Å². The molecule has 0 amide bonds. The fraction of sp³-hybridized carbons (Fsp3) is 1.00. The van der Waals surface area contributed by atoms with Gasteiger partial charge in [-0.15, -0.1) is 0 Å². The molecule has 2 fully saturated rings. The molecule has 2 saturated heterocycles. The van der Waals surface area contributed by atoms with Gasteiger partial charge in [0.1, 0.15) is 0 Å². The van der Waals surface area contributed by atoms with Gasteiger partial charge in [0.05, 0.1) is 6.10 Å². The van der Waals surface area contributed by atoms with Gasteiger partial charge in [-0.3, -0.25) is 0 Å². The van der Waals surface area contributed by atoms with Crippen LogP contribution < -0.4 is 5.32 Å². The van der Waals surface area contributed by atoms with Crippen molar-refractivity contribution in [2.45, 2.75) is 18.9 Å². The second-order valence-corrected chi connectivity index (χ2v) is 4.06. The van der Waals surface area contributed by atoms with Crippen molar-refractivity contribution in [1.29, 1.82) is 0 Å². The minimum atomic E-state index is -0.0561. The number of nitrogens with zero attached hydrogens (tertiary/aromatic N) is 1. The average molecular weight is 170 g/mol. The maximum absolute atomic E-state index is 9.32. The Bertz CT molecular complexity index is 145. The van der Waals surface area contributed by atoms with E-state index in [0.29, 0.717) is 0 Å². The van der Waals surface area contributed by atoms with E-state index < -0.39 is 0 Å². The predicted octanol–water partition coefficient (Wildman–Crippen LogP) is -0.337. The first kappa shape index (κ1) is 8.48. The van der Waals surface area contributed by atoms with Crippen LogP contribution in [0.15, 0.2) is 0 Å². The standard InChI is InChI=1S/C9H18N2O/c12-9-2-4-11(7-9)6-8-1-3-10-5-8/h8-10,12H,1-7H2/t8-,9+/m0/s1. The molecule has 0 spiro atoms. The third-order valence-electron chi connectivity index (χ3n) is 2.93. The smallest absolute Gasteiger partial charge is 0.0679 e. The van der Waals surface area contributed by atoms with Gasteiger partial charge in [0.15, 0.2) is 0 Å². The SMILES string of the molecule is O[C@@H]1CCN(C[C@H]2CCNC2)C1. The first-order valence-electron chi connectivity index (χ1n) is 4.96. The number of rotatable bonds is 2. The molecule has 2 heterocycles. The molecule has 0 aromatic carbocycles. The molecule has 0 unspecified atom stereocenters. The van der Waals surface area contributed by atoms with Crippen LogP contribution in [0.25, 0.3) is 0 Å². The van der Waals surface area contributed by atoms with E-state index in [0.717, 1.165) is 25.4 Å². The van der Waals surface area contributed by atoms with Crippen LogP contribution >= 0.6 is 0 Å². The van der Waals surface area contributed by atoms with E-state index in [9.17, 15) is 5.11 Å². The molecule has 0 aliphatic carbocycles. The number of hydrogen-bond acceptors (Lipinski definition) is 3. The van der Waals surface area contributed by atoms with Crippen LogP contribution in [0, 0.1) is 5.92 Å². The summed E-state index contributed by atoms with van der Waals surface area (Å²) in [5, 5.41) is 12.7. The summed E-state index contributed by atoms with van der Waals surface area (Å²) < 4.78 is 0. The lowest BCUT2D eigenvalue weighted by atomic mass is 10.1. The average Bonchev–Trinajstić information content (AvgIpc) is 2.63. The quantitative estimate of drug-likeness (QED) is 0.595. The van der Waals surface area contributed by atoms with Crippen molar-refractivity contribution in [3.05, 3.63) is 0 Å². The predicted molar refractivity (Wildman–Crippen MR) is 48.0 cm³/mol. The number of β-amino-alcohol motifs (C(OH)–C–C–N with tert-alkyl or cyclic N) is 1. The molecule has 3 heteroatoms. The van der Waals surface area contributed by atoms with E-state index in [1.54, 1.807) is 0 Å². The summed E-state index contributed by atoms with van der Waals surface area (Å²) in [6, 6.07) is 0. The molecule has 2 N–H and O–H groups in total. The zero-order valence-corrected chi connectivity index (χ0v) is 7.50. The molecular weight excluding hydrogens is 152 g/mol. The fourth-order valence-corrected chi connectivity index (χ4v) is 2.21. The van der Waals surface area contributed by atoms with Crippen LogP contribution in [0.4, 0.5) is 0 Å². The topological polar surface area (TPSA) is 35.5 Å². The van der Waals surface area contributed by atoms with E-state index in [1.165, 1.54) is 26.1 Å². The van der Waals surface area contributed by atoms with E-state index in [4.69, 9.17) is 0 Å². The summed E-state index contributed by atoms with van der Waals surface area (Å²) in [6.07, 6.45) is 2.23. The summed E-state index contributed by atoms with van der Waals surface area (Å²) in [5.74, 6) is 0.829. The highest BCUT2D eigenvalue weighted by atomic mass is 16.3. The summed E-state index contributed by atoms with van der Waals surface area (Å²) in [5.41, 5.74) is 0. The van der Waals surface area contributed by atoms with Gasteiger partial charge in [0.2, 0.25) is 0 Å². The maximum Gasteiger partial charge on any atom is 0.0679 e. The Balaban J connectivity index is 1.72. The number of aliphatic hydroxyl groups excluding tert-OH is 1. The molecule has 12 heavy (non-hydrogen) atoms. The Kier molecular flexibility index (Phi) is 2.63. The summed E-state index contributed by atoms with van der Waals surface area (Å²) >= 11 is 0. The van der Waals surface area contributed by atoms with Gasteiger partial charge in [-0.1, -0.05) is 0 Å². The van der Waals surface area contributed by atoms with Gasteiger partial charge in [-0.2, -0.15) is 0 Å². The van der Waals surface area contributed by atoms with Crippen molar-refractivity contribution in [2.75, 3.05) is 32.7 Å². The fourth-order valence-electron chi connectivity index (χ4n) is 2.21. The largest absolute Gasteiger partial charge is 0.392 e. The lowest BCUT2D eigenvalue weighted by Gasteiger charge is -2.18. The second kappa shape index (κ2) is 3.73. The van der Waals surface area contributed by atoms with Crippen LogP contribution in [0.3, 0.4) is 0 Å². The molecule has 0 aromatic rings. The summed E-state index contributed by atoms with van der Waals surface area (Å²) in [4.78, 5) is 2.39. The van der Waals surface area contributed by atoms with Crippen molar-refractivity contribution < 1.29 is 5.11 Å². The maximum atomic E-state index is 9.32. The van der Waals surface area contributed by atoms with Crippen LogP contribution in [0.2, 0.25) is 0 Å². The lowest BCUT2D eigenvalue weighted by Crippen LogP contribution is -2.29. The molecule has 2 aliphatic heterocycles. The molecule has 0 saturated carbocycles. The van der Waals surface area contributed by atoms with Crippen molar-refractivity contribution >= 4 is 0 Å². The highest BCUT2D eigenvalue weighted by Gasteiger charge is 2.24. The van der Waals surface area contributed by atoms with Gasteiger partial charge in [-0.25, -0.2) is 0 Å². The molecule has 70 valence electrons. The molecule has 2 aliphatic rings. The van der Waals surface area contributed by atoms with E-state index in [1.807, 2.05) is 0 Å². The van der Waals surface area contributed by atoms with Gasteiger partial charge in [0, 0.05) is 19.6 Å². The van der Waals surface area contributed by atoms with Gasteiger partial charge < -0.3 is 15.3 Å². The Morgan fingerprint density at radius 2 is 2.33 bits per heavy atom. The molecule has 2 rings (SSSR count). The molecule has 3 nitrogen and oxygen atoms in total. The van der Waals surface area contributed by atoms with Crippen LogP contribution in [0.1, 0.15) is 12.8 Å². The van der Waals surface area contributed by atoms with Gasteiger partial charge in [0.25, 0.3) is 0 Å². The highest BCUT2D eigenvalue weighted by Crippen LogP contribution is 2.14. The summed E-state index contributed by atoms with van der Waals surface area (Å²) in [6.45, 7) is 5.53. The summed E-state index contributed by atoms with van der Waals surface area (Å²) in [7, 11) is 0. The number of aliphatic hydroxyl groups is 1. The minimum Gasteiger partial charge on any atom is -0.392 e. The Hall–Kier alpha value is -0.120. The monoisotopic (exact) mass is 170 g/mol. The van der Waals surface area contributed by atoms with Crippen LogP contribution in [-0.2, 0) is 0 Å². The molecule has 0 bridgehead atoms. The minimum absolute atomic E-state index is 0.0561. The first-order chi connectivity index (χ1) is 5.84. The van der Waals surface area contributed by atoms with Gasteiger partial charge in [-0.05, 0) is 31.8 Å². The molecular formula is C9H18N2O. The zero-order valence-electron chi connectivity index (χ0n) is 7.50. The van der Waals surface area contributed by atoms with E-state index in [-0.39, 0.29) is 6.10 Å².